The standard InChI is InChI=1S/C57H101N9O17/c1-7-40(4)49(37-56(75)61-42(6)31-52(71)64-46(38-67)34-53(72)63-45(35-57(76)77)32-43-11-13-47(68)14-12-43)66-54(73)33-44(10-8-9-16-58)62-51(70)30-41(5)60-55(74)36-48(39(2)3)65-50(69)15-18-78-20-22-80-24-26-82-28-29-83-27-25-81-23-21-79-19-17-59/h11-14,39-42,44-46,48-49,67-68H,7-10,15-38,58-59H2,1-6H3,(H,60,74)(H,61,75)(H,62,70)(H,63,72)(H,64,71)(H,65,69)(H,66,73)(H,76,77)/t40-,41-,42-,44-,45-,46+,48+,49+/m0/s1. The lowest BCUT2D eigenvalue weighted by Gasteiger charge is -2.26. The van der Waals surface area contributed by atoms with Crippen LogP contribution in [-0.4, -0.2) is 204 Å². The Morgan fingerprint density at radius 1 is 0.470 bits per heavy atom. The van der Waals surface area contributed by atoms with E-state index < -0.39 is 72.6 Å². The van der Waals surface area contributed by atoms with E-state index in [1.807, 2.05) is 27.7 Å². The summed E-state index contributed by atoms with van der Waals surface area (Å²) < 4.78 is 32.6. The predicted octanol–water partition coefficient (Wildman–Crippen LogP) is 0.455. The van der Waals surface area contributed by atoms with Crippen molar-refractivity contribution in [2.45, 2.75) is 167 Å². The normalized spacial score (nSPS) is 14.2. The van der Waals surface area contributed by atoms with Crippen LogP contribution < -0.4 is 48.7 Å². The lowest BCUT2D eigenvalue weighted by molar-refractivity contribution is -0.138. The van der Waals surface area contributed by atoms with E-state index in [1.165, 1.54) is 12.1 Å². The minimum Gasteiger partial charge on any atom is -0.508 e. The third kappa shape index (κ3) is 40.3. The molecule has 476 valence electrons. The van der Waals surface area contributed by atoms with Crippen molar-refractivity contribution in [3.63, 3.8) is 0 Å². The quantitative estimate of drug-likeness (QED) is 0.0394. The number of carbonyl (C=O) groups excluding carboxylic acids is 7. The van der Waals surface area contributed by atoms with Gasteiger partial charge in [-0.2, -0.15) is 0 Å². The summed E-state index contributed by atoms with van der Waals surface area (Å²) in [4.78, 5) is 104. The lowest BCUT2D eigenvalue weighted by atomic mass is 9.95. The summed E-state index contributed by atoms with van der Waals surface area (Å²) in [5.74, 6) is -4.28. The average Bonchev–Trinajstić information content (AvgIpc) is 3.41. The zero-order valence-corrected chi connectivity index (χ0v) is 50.0. The van der Waals surface area contributed by atoms with Crippen LogP contribution in [0, 0.1) is 11.8 Å². The van der Waals surface area contributed by atoms with Crippen molar-refractivity contribution in [2.24, 2.45) is 23.3 Å². The molecule has 14 N–H and O–H groups in total. The number of phenolic OH excluding ortho intramolecular Hbond substituents is 1. The van der Waals surface area contributed by atoms with Crippen LogP contribution in [0.5, 0.6) is 5.75 Å². The highest BCUT2D eigenvalue weighted by Crippen LogP contribution is 2.16. The monoisotopic (exact) mass is 1180 g/mol. The fourth-order valence-corrected chi connectivity index (χ4v) is 8.38. The van der Waals surface area contributed by atoms with Gasteiger partial charge in [0.1, 0.15) is 5.75 Å². The van der Waals surface area contributed by atoms with Crippen LogP contribution in [0.15, 0.2) is 24.3 Å². The van der Waals surface area contributed by atoms with Gasteiger partial charge in [0.05, 0.1) is 98.4 Å². The smallest absolute Gasteiger partial charge is 0.305 e. The van der Waals surface area contributed by atoms with Crippen molar-refractivity contribution in [1.29, 1.82) is 0 Å². The number of unbranched alkanes of at least 4 members (excludes halogenated alkanes) is 1. The Morgan fingerprint density at radius 2 is 0.892 bits per heavy atom. The summed E-state index contributed by atoms with van der Waals surface area (Å²) in [6, 6.07) is 1.42. The van der Waals surface area contributed by atoms with E-state index in [0.29, 0.717) is 117 Å². The van der Waals surface area contributed by atoms with Gasteiger partial charge in [0.25, 0.3) is 0 Å². The van der Waals surface area contributed by atoms with Gasteiger partial charge in [-0.05, 0) is 69.2 Å². The van der Waals surface area contributed by atoms with Crippen molar-refractivity contribution < 1.29 is 82.1 Å². The Labute approximate surface area is 490 Å². The summed E-state index contributed by atoms with van der Waals surface area (Å²) >= 11 is 0. The van der Waals surface area contributed by atoms with Crippen molar-refractivity contribution in [1.82, 2.24) is 37.2 Å². The molecule has 1 aromatic carbocycles. The number of aromatic hydroxyl groups is 1. The van der Waals surface area contributed by atoms with Gasteiger partial charge in [0.2, 0.25) is 41.4 Å². The van der Waals surface area contributed by atoms with Crippen LogP contribution in [0.3, 0.4) is 0 Å². The van der Waals surface area contributed by atoms with Crippen LogP contribution in [0.25, 0.3) is 0 Å². The molecule has 0 heterocycles. The molecule has 0 aliphatic heterocycles. The number of nitrogens with one attached hydrogen (secondary N) is 7. The highest BCUT2D eigenvalue weighted by atomic mass is 16.6. The SMILES string of the molecule is CC[C@H](C)[C@@H](CC(=O)N[C@@H](C)CC(=O)N[C@@H](CO)CC(=O)N[C@H](CC(=O)O)Cc1ccc(O)cc1)NC(=O)C[C@H](CCCCN)NC(=O)C[C@H](C)NC(=O)C[C@@H](NC(=O)CCOCCOCCOCCOCCOCCOCCN)C(C)C. The number of rotatable bonds is 51. The number of hydrogen-bond donors (Lipinski definition) is 12. The zero-order chi connectivity index (χ0) is 61.8. The first-order chi connectivity index (χ1) is 39.7. The molecular weight excluding hydrogens is 1080 g/mol. The number of aliphatic hydroxyl groups is 1. The van der Waals surface area contributed by atoms with Gasteiger partial charge in [0.15, 0.2) is 0 Å². The van der Waals surface area contributed by atoms with E-state index >= 15 is 0 Å². The molecule has 0 aliphatic carbocycles. The van der Waals surface area contributed by atoms with Gasteiger partial charge >= 0.3 is 5.97 Å². The molecule has 0 aliphatic rings. The van der Waals surface area contributed by atoms with Crippen molar-refractivity contribution in [3.8, 4) is 5.75 Å². The molecule has 0 bridgehead atoms. The molecule has 0 spiro atoms. The molecule has 1 aromatic rings. The van der Waals surface area contributed by atoms with E-state index in [-0.39, 0.29) is 106 Å². The highest BCUT2D eigenvalue weighted by Gasteiger charge is 2.27. The Bertz CT molecular complexity index is 1990. The summed E-state index contributed by atoms with van der Waals surface area (Å²) in [5.41, 5.74) is 11.8. The fraction of sp³-hybridized carbons (Fsp3) is 0.754. The van der Waals surface area contributed by atoms with E-state index in [4.69, 9.17) is 39.9 Å². The van der Waals surface area contributed by atoms with Gasteiger partial charge in [-0.15, -0.1) is 0 Å². The number of amides is 7. The molecule has 0 fully saturated rings. The minimum absolute atomic E-state index is 0.0116. The highest BCUT2D eigenvalue weighted by molar-refractivity contribution is 5.84. The molecule has 0 saturated carbocycles. The third-order valence-corrected chi connectivity index (χ3v) is 13.1. The van der Waals surface area contributed by atoms with E-state index in [1.54, 1.807) is 26.0 Å². The summed E-state index contributed by atoms with van der Waals surface area (Å²) in [5, 5.41) is 48.6. The van der Waals surface area contributed by atoms with Gasteiger partial charge < -0.3 is 92.4 Å². The van der Waals surface area contributed by atoms with Crippen LogP contribution in [-0.2, 0) is 73.2 Å². The number of carbonyl (C=O) groups is 8. The first-order valence-corrected chi connectivity index (χ1v) is 29.2. The topological polar surface area (TPSA) is 389 Å². The van der Waals surface area contributed by atoms with Gasteiger partial charge in [0, 0.05) is 87.7 Å². The number of carboxylic acids is 1. The molecule has 7 amide bonds. The molecule has 0 aromatic heterocycles. The maximum absolute atomic E-state index is 13.6. The minimum atomic E-state index is -1.14. The number of benzene rings is 1. The van der Waals surface area contributed by atoms with Crippen molar-refractivity contribution in [2.75, 3.05) is 99.0 Å². The first-order valence-electron chi connectivity index (χ1n) is 29.2. The van der Waals surface area contributed by atoms with Crippen molar-refractivity contribution in [3.05, 3.63) is 29.8 Å². The van der Waals surface area contributed by atoms with Crippen LogP contribution in [0.1, 0.15) is 124 Å². The number of nitrogens with two attached hydrogens (primary N) is 2. The summed E-state index contributed by atoms with van der Waals surface area (Å²) in [7, 11) is 0. The van der Waals surface area contributed by atoms with Crippen molar-refractivity contribution >= 4 is 47.3 Å². The Kier molecular flexibility index (Phi) is 42.5. The molecule has 0 radical (unpaired) electrons. The third-order valence-electron chi connectivity index (χ3n) is 13.1. The average molecular weight is 1180 g/mol. The Balaban J connectivity index is 2.56. The first kappa shape index (κ1) is 75.4. The Morgan fingerprint density at radius 3 is 1.36 bits per heavy atom. The molecular formula is C57H101N9O17. The molecule has 8 atom stereocenters. The van der Waals surface area contributed by atoms with Crippen LogP contribution in [0.2, 0.25) is 0 Å². The second-order valence-electron chi connectivity index (χ2n) is 21.1. The second-order valence-corrected chi connectivity index (χ2v) is 21.1. The maximum atomic E-state index is 13.6. The predicted molar refractivity (Wildman–Crippen MR) is 309 cm³/mol. The van der Waals surface area contributed by atoms with Crippen LogP contribution in [0.4, 0.5) is 0 Å². The number of carboxylic acid groups (broad SMARTS) is 1. The number of ether oxygens (including phenoxy) is 6. The number of phenols is 1. The molecule has 26 heteroatoms. The number of aliphatic carboxylic acids is 1. The van der Waals surface area contributed by atoms with Gasteiger partial charge in [-0.1, -0.05) is 52.7 Å². The summed E-state index contributed by atoms with van der Waals surface area (Å²) in [6.07, 6.45) is 1.42. The lowest BCUT2D eigenvalue weighted by Crippen LogP contribution is -2.48. The molecule has 0 saturated heterocycles. The van der Waals surface area contributed by atoms with E-state index in [0.717, 1.165) is 0 Å². The molecule has 1 rings (SSSR count). The summed E-state index contributed by atoms with van der Waals surface area (Å²) in [6.45, 7) is 16.1. The van der Waals surface area contributed by atoms with E-state index in [2.05, 4.69) is 37.2 Å². The number of aliphatic hydroxyl groups excluding tert-OH is 1. The van der Waals surface area contributed by atoms with Gasteiger partial charge in [-0.25, -0.2) is 0 Å². The fourth-order valence-electron chi connectivity index (χ4n) is 8.38. The van der Waals surface area contributed by atoms with Gasteiger partial charge in [-0.3, -0.25) is 38.4 Å². The maximum Gasteiger partial charge on any atom is 0.305 e. The molecule has 83 heavy (non-hydrogen) atoms. The second kappa shape index (κ2) is 46.8. The van der Waals surface area contributed by atoms with E-state index in [9.17, 15) is 53.7 Å². The molecule has 26 nitrogen and oxygen atoms in total. The molecule has 0 unspecified atom stereocenters. The van der Waals surface area contributed by atoms with Crippen LogP contribution >= 0.6 is 0 Å². The Hall–Kier alpha value is -5.58. The zero-order valence-electron chi connectivity index (χ0n) is 50.0. The number of hydrogen-bond acceptors (Lipinski definition) is 18. The largest absolute Gasteiger partial charge is 0.508 e.